The van der Waals surface area contributed by atoms with E-state index in [0.29, 0.717) is 18.0 Å². The number of aromatic nitrogens is 4. The number of aliphatic carboxylic acids is 1. The van der Waals surface area contributed by atoms with Crippen molar-refractivity contribution in [1.29, 1.82) is 0 Å². The van der Waals surface area contributed by atoms with Crippen LogP contribution in [0.3, 0.4) is 0 Å². The van der Waals surface area contributed by atoms with Gasteiger partial charge in [0.2, 0.25) is 5.95 Å². The van der Waals surface area contributed by atoms with Crippen LogP contribution in [0.5, 0.6) is 0 Å². The Hall–Kier alpha value is -3.46. The Morgan fingerprint density at radius 3 is 2.44 bits per heavy atom. The second-order valence-electron chi connectivity index (χ2n) is 15.6. The van der Waals surface area contributed by atoms with Crippen molar-refractivity contribution in [1.82, 2.24) is 24.6 Å². The number of benzene rings is 1. The van der Waals surface area contributed by atoms with E-state index in [4.69, 9.17) is 9.97 Å². The molecule has 0 radical (unpaired) electrons. The first-order chi connectivity index (χ1) is 23.2. The second-order valence-corrected chi connectivity index (χ2v) is 15.6. The fourth-order valence-electron chi connectivity index (χ4n) is 9.72. The summed E-state index contributed by atoms with van der Waals surface area (Å²) in [5.74, 6) is 1.33. The summed E-state index contributed by atoms with van der Waals surface area (Å²) in [5.41, 5.74) is 4.99. The highest BCUT2D eigenvalue weighted by atomic mass is 16.4. The Morgan fingerprint density at radius 1 is 1.06 bits per heavy atom. The van der Waals surface area contributed by atoms with E-state index in [0.717, 1.165) is 75.4 Å². The van der Waals surface area contributed by atoms with Gasteiger partial charge in [-0.15, -0.1) is 0 Å². The number of fused-ring (bicyclic) bond motifs is 3. The molecule has 2 aromatic heterocycles. The Kier molecular flexibility index (Phi) is 9.51. The number of nitrogens with zero attached hydrogens (tertiary/aromatic N) is 6. The summed E-state index contributed by atoms with van der Waals surface area (Å²) in [6, 6.07) is 12.6. The molecule has 2 aliphatic heterocycles. The smallest absolute Gasteiger partial charge is 0.306 e. The minimum absolute atomic E-state index is 0.00593. The quantitative estimate of drug-likeness (QED) is 0.230. The molecule has 2 N–H and O–H groups in total. The lowest BCUT2D eigenvalue weighted by Gasteiger charge is -2.40. The molecule has 5 atom stereocenters. The van der Waals surface area contributed by atoms with Crippen LogP contribution in [0.1, 0.15) is 113 Å². The topological polar surface area (TPSA) is 99.4 Å². The fraction of sp³-hybridized carbons (Fsp3) is 0.641. The second kappa shape index (κ2) is 13.8. The van der Waals surface area contributed by atoms with E-state index in [1.54, 1.807) is 0 Å². The number of anilines is 2. The molecule has 2 bridgehead atoms. The lowest BCUT2D eigenvalue weighted by atomic mass is 9.70. The van der Waals surface area contributed by atoms with Crippen LogP contribution in [-0.4, -0.2) is 67.4 Å². The van der Waals surface area contributed by atoms with Crippen LogP contribution < -0.4 is 10.2 Å². The molecule has 3 fully saturated rings. The third-order valence-electron chi connectivity index (χ3n) is 12.6. The Labute approximate surface area is 286 Å². The number of hydrogen-bond acceptors (Lipinski definition) is 7. The van der Waals surface area contributed by atoms with Gasteiger partial charge in [0, 0.05) is 56.1 Å². The van der Waals surface area contributed by atoms with Crippen molar-refractivity contribution in [3.8, 4) is 0 Å². The minimum atomic E-state index is -0.646. The van der Waals surface area contributed by atoms with Crippen molar-refractivity contribution in [2.45, 2.75) is 127 Å². The van der Waals surface area contributed by atoms with Gasteiger partial charge in [-0.3, -0.25) is 14.4 Å². The maximum atomic E-state index is 11.7. The molecule has 1 saturated carbocycles. The van der Waals surface area contributed by atoms with Crippen LogP contribution in [-0.2, 0) is 30.1 Å². The van der Waals surface area contributed by atoms with E-state index >= 15 is 0 Å². The first kappa shape index (κ1) is 33.1. The largest absolute Gasteiger partial charge is 0.481 e. The maximum Gasteiger partial charge on any atom is 0.306 e. The zero-order chi connectivity index (χ0) is 33.4. The van der Waals surface area contributed by atoms with Gasteiger partial charge in [-0.1, -0.05) is 50.6 Å². The van der Waals surface area contributed by atoms with E-state index in [2.05, 4.69) is 77.6 Å². The van der Waals surface area contributed by atoms with Gasteiger partial charge >= 0.3 is 5.97 Å². The summed E-state index contributed by atoms with van der Waals surface area (Å²) >= 11 is 0. The number of piperidine rings is 1. The zero-order valence-electron chi connectivity index (χ0n) is 29.4. The van der Waals surface area contributed by atoms with Crippen LogP contribution in [0.15, 0.2) is 42.7 Å². The normalized spacial score (nSPS) is 28.4. The van der Waals surface area contributed by atoms with Crippen molar-refractivity contribution in [2.75, 3.05) is 23.8 Å². The summed E-state index contributed by atoms with van der Waals surface area (Å²) in [4.78, 5) is 27.5. The molecule has 4 aliphatic rings. The summed E-state index contributed by atoms with van der Waals surface area (Å²) in [6.45, 7) is 5.60. The van der Waals surface area contributed by atoms with Gasteiger partial charge in [0.15, 0.2) is 0 Å². The first-order valence-electron chi connectivity index (χ1n) is 18.6. The number of nitrogens with one attached hydrogen (secondary N) is 1. The predicted octanol–water partition coefficient (Wildman–Crippen LogP) is 6.93. The Bertz CT molecular complexity index is 1550. The molecular formula is C39H55N7O2. The van der Waals surface area contributed by atoms with Gasteiger partial charge in [-0.05, 0) is 93.9 Å². The molecule has 1 unspecified atom stereocenters. The molecule has 4 heterocycles. The van der Waals surface area contributed by atoms with Crippen molar-refractivity contribution in [3.63, 3.8) is 0 Å². The van der Waals surface area contributed by atoms with Gasteiger partial charge in [-0.25, -0.2) is 4.98 Å². The third kappa shape index (κ3) is 6.59. The van der Waals surface area contributed by atoms with Crippen LogP contribution in [0, 0.1) is 11.8 Å². The van der Waals surface area contributed by atoms with Crippen LogP contribution in [0.25, 0.3) is 0 Å². The molecular weight excluding hydrogens is 598 g/mol. The van der Waals surface area contributed by atoms with Crippen molar-refractivity contribution < 1.29 is 9.90 Å². The van der Waals surface area contributed by atoms with Gasteiger partial charge in [0.1, 0.15) is 5.82 Å². The molecule has 258 valence electrons. The average molecular weight is 654 g/mol. The summed E-state index contributed by atoms with van der Waals surface area (Å²) < 4.78 is 1.92. The number of rotatable bonds is 11. The zero-order valence-corrected chi connectivity index (χ0v) is 29.4. The van der Waals surface area contributed by atoms with Gasteiger partial charge in [0.25, 0.3) is 0 Å². The van der Waals surface area contributed by atoms with E-state index in [1.807, 2.05) is 17.9 Å². The molecule has 7 rings (SSSR count). The Balaban J connectivity index is 1.24. The van der Waals surface area contributed by atoms with Crippen LogP contribution in [0.4, 0.5) is 11.8 Å². The highest BCUT2D eigenvalue weighted by Gasteiger charge is 2.40. The number of carboxylic acid groups (broad SMARTS) is 1. The Morgan fingerprint density at radius 2 is 1.79 bits per heavy atom. The fourth-order valence-corrected chi connectivity index (χ4v) is 9.72. The van der Waals surface area contributed by atoms with E-state index < -0.39 is 5.97 Å². The van der Waals surface area contributed by atoms with Crippen molar-refractivity contribution in [3.05, 3.63) is 65.1 Å². The van der Waals surface area contributed by atoms with Gasteiger partial charge in [0.05, 0.1) is 23.9 Å². The third-order valence-corrected chi connectivity index (χ3v) is 12.6. The highest BCUT2D eigenvalue weighted by molar-refractivity contribution is 5.70. The highest BCUT2D eigenvalue weighted by Crippen LogP contribution is 2.43. The van der Waals surface area contributed by atoms with Gasteiger partial charge < -0.3 is 15.3 Å². The number of carboxylic acids is 1. The van der Waals surface area contributed by atoms with Crippen LogP contribution in [0.2, 0.25) is 0 Å². The average Bonchev–Trinajstić information content (AvgIpc) is 3.62. The summed E-state index contributed by atoms with van der Waals surface area (Å²) in [5, 5.41) is 18.3. The van der Waals surface area contributed by atoms with E-state index in [1.165, 1.54) is 48.8 Å². The molecule has 1 aromatic carbocycles. The SMILES string of the molecule is CC[C@H](C1CCC(C(=O)O)CC1)N(C)c1nc2c(c(N[C@@H](CN3C4CCC[C@@H]3CC4)c3cnn(C)c3)n1)C[C@](C)(c1ccccc1)CC2. The molecule has 9 heteroatoms. The minimum Gasteiger partial charge on any atom is -0.481 e. The van der Waals surface area contributed by atoms with Gasteiger partial charge in [-0.2, -0.15) is 10.1 Å². The lowest BCUT2D eigenvalue weighted by molar-refractivity contribution is -0.143. The maximum absolute atomic E-state index is 11.7. The molecule has 0 amide bonds. The van der Waals surface area contributed by atoms with Crippen LogP contribution >= 0.6 is 0 Å². The monoisotopic (exact) mass is 653 g/mol. The molecule has 2 saturated heterocycles. The standard InChI is InChI=1S/C39H55N7O2/c1-5-35(26-14-16-27(17-15-26)37(47)48)45(4)38-42-33-20-21-39(2,29-10-7-6-8-11-29)22-32(33)36(43-38)41-34(28-23-40-44(3)24-28)25-46-30-12-9-13-31(46)19-18-30/h6-8,10-11,23-24,26-27,30-31,34-35H,5,9,12-22,25H2,1-4H3,(H,47,48)(H,41,42,43)/t26?,27?,30-,31?,34+,35-,39-/m1/s1. The molecule has 48 heavy (non-hydrogen) atoms. The molecule has 2 aliphatic carbocycles. The number of hydrogen-bond donors (Lipinski definition) is 2. The number of aryl methyl sites for hydroxylation is 2. The molecule has 3 aromatic rings. The lowest BCUT2D eigenvalue weighted by Crippen LogP contribution is -2.43. The molecule has 9 nitrogen and oxygen atoms in total. The molecule has 0 spiro atoms. The number of carbonyl (C=O) groups is 1. The van der Waals surface area contributed by atoms with E-state index in [9.17, 15) is 9.90 Å². The van der Waals surface area contributed by atoms with E-state index in [-0.39, 0.29) is 23.4 Å². The van der Waals surface area contributed by atoms with Crippen molar-refractivity contribution >= 4 is 17.7 Å². The first-order valence-corrected chi connectivity index (χ1v) is 18.6. The van der Waals surface area contributed by atoms with Crippen molar-refractivity contribution in [2.24, 2.45) is 18.9 Å². The predicted molar refractivity (Wildman–Crippen MR) is 190 cm³/mol. The summed E-state index contributed by atoms with van der Waals surface area (Å²) in [7, 11) is 4.16. The summed E-state index contributed by atoms with van der Waals surface area (Å²) in [6.07, 6.45) is 18.0.